The maximum absolute atomic E-state index is 14.1. The molecule has 168 valence electrons. The van der Waals surface area contributed by atoms with Crippen LogP contribution in [0.5, 0.6) is 5.75 Å². The Morgan fingerprint density at radius 1 is 1.12 bits per heavy atom. The van der Waals surface area contributed by atoms with Gasteiger partial charge in [-0.3, -0.25) is 9.59 Å². The van der Waals surface area contributed by atoms with E-state index >= 15 is 0 Å². The Kier molecular flexibility index (Phi) is 5.59. The molecule has 2 aliphatic heterocycles. The summed E-state index contributed by atoms with van der Waals surface area (Å²) in [6.45, 7) is 2.85. The monoisotopic (exact) mass is 478 g/mol. The second-order valence-electron chi connectivity index (χ2n) is 8.18. The fourth-order valence-electron chi connectivity index (χ4n) is 4.57. The molecule has 0 aliphatic carbocycles. The number of benzene rings is 3. The van der Waals surface area contributed by atoms with Crippen LogP contribution >= 0.6 is 23.4 Å². The van der Waals surface area contributed by atoms with E-state index in [-0.39, 0.29) is 11.8 Å². The summed E-state index contributed by atoms with van der Waals surface area (Å²) in [7, 11) is 1.59. The Labute approximate surface area is 202 Å². The maximum Gasteiger partial charge on any atom is 0.268 e. The lowest BCUT2D eigenvalue weighted by atomic mass is 10.0. The Morgan fingerprint density at radius 2 is 1.88 bits per heavy atom. The van der Waals surface area contributed by atoms with Gasteiger partial charge in [0.25, 0.3) is 11.8 Å². The molecule has 1 fully saturated rings. The van der Waals surface area contributed by atoms with Crippen LogP contribution in [-0.4, -0.2) is 36.1 Å². The first-order valence-corrected chi connectivity index (χ1v) is 12.1. The second-order valence-corrected chi connectivity index (χ2v) is 9.88. The van der Waals surface area contributed by atoms with Gasteiger partial charge in [0.15, 0.2) is 4.87 Å². The molecule has 5 rings (SSSR count). The number of hydrogen-bond acceptors (Lipinski definition) is 4. The first-order valence-electron chi connectivity index (χ1n) is 10.7. The molecule has 0 unspecified atom stereocenters. The third-order valence-electron chi connectivity index (χ3n) is 6.22. The quantitative estimate of drug-likeness (QED) is 0.514. The zero-order valence-electron chi connectivity index (χ0n) is 18.4. The topological polar surface area (TPSA) is 49.9 Å². The molecule has 0 radical (unpaired) electrons. The van der Waals surface area contributed by atoms with E-state index < -0.39 is 4.87 Å². The van der Waals surface area contributed by atoms with Crippen molar-refractivity contribution in [3.8, 4) is 5.75 Å². The summed E-state index contributed by atoms with van der Waals surface area (Å²) in [5.74, 6) is 1.09. The molecule has 2 aliphatic rings. The fourth-order valence-corrected chi connectivity index (χ4v) is 6.22. The average molecular weight is 479 g/mol. The van der Waals surface area contributed by atoms with Crippen LogP contribution in [0.1, 0.15) is 27.0 Å². The van der Waals surface area contributed by atoms with Gasteiger partial charge in [-0.05, 0) is 48.9 Å². The van der Waals surface area contributed by atoms with Gasteiger partial charge in [-0.1, -0.05) is 47.5 Å². The molecule has 1 atom stereocenters. The van der Waals surface area contributed by atoms with Crippen molar-refractivity contribution in [1.82, 2.24) is 4.90 Å². The predicted molar refractivity (Wildman–Crippen MR) is 132 cm³/mol. The van der Waals surface area contributed by atoms with Crippen LogP contribution in [0, 0.1) is 6.92 Å². The Balaban J connectivity index is 1.58. The summed E-state index contributed by atoms with van der Waals surface area (Å²) >= 11 is 7.95. The van der Waals surface area contributed by atoms with E-state index in [1.165, 1.54) is 11.8 Å². The van der Waals surface area contributed by atoms with Crippen LogP contribution in [0.4, 0.5) is 5.69 Å². The SMILES string of the molecule is COc1ccc(C(=O)N2CCS[C@@]23C(=O)N(Cc2ccccc2Cl)c2ccc(C)cc23)cc1. The predicted octanol–water partition coefficient (Wildman–Crippen LogP) is 5.25. The average Bonchev–Trinajstić information content (AvgIpc) is 3.37. The highest BCUT2D eigenvalue weighted by Gasteiger charge is 2.59. The van der Waals surface area contributed by atoms with Crippen molar-refractivity contribution < 1.29 is 14.3 Å². The number of methoxy groups -OCH3 is 1. The lowest BCUT2D eigenvalue weighted by molar-refractivity contribution is -0.123. The van der Waals surface area contributed by atoms with Crippen LogP contribution in [0.15, 0.2) is 66.7 Å². The zero-order valence-corrected chi connectivity index (χ0v) is 19.9. The van der Waals surface area contributed by atoms with Gasteiger partial charge in [-0.25, -0.2) is 0 Å². The van der Waals surface area contributed by atoms with E-state index in [1.54, 1.807) is 41.2 Å². The number of carbonyl (C=O) groups is 2. The number of halogens is 1. The number of ether oxygens (including phenoxy) is 1. The number of carbonyl (C=O) groups excluding carboxylic acids is 2. The second kappa shape index (κ2) is 8.43. The Bertz CT molecular complexity index is 1250. The van der Waals surface area contributed by atoms with Crippen LogP contribution < -0.4 is 9.64 Å². The van der Waals surface area contributed by atoms with E-state index in [2.05, 4.69) is 0 Å². The first-order chi connectivity index (χ1) is 16.0. The first kappa shape index (κ1) is 21.9. The van der Waals surface area contributed by atoms with Crippen molar-refractivity contribution in [1.29, 1.82) is 0 Å². The van der Waals surface area contributed by atoms with Crippen molar-refractivity contribution in [2.75, 3.05) is 24.3 Å². The molecule has 1 spiro atoms. The number of thioether (sulfide) groups is 1. The standard InChI is InChI=1S/C26H23ClN2O3S/c1-17-7-12-23-21(15-17)26(25(31)28(23)16-19-5-3-4-6-22(19)27)29(13-14-33-26)24(30)18-8-10-20(32-2)11-9-18/h3-12,15H,13-14,16H2,1-2H3/t26-/m0/s1. The minimum absolute atomic E-state index is 0.104. The molecule has 3 aromatic rings. The largest absolute Gasteiger partial charge is 0.497 e. The molecule has 0 bridgehead atoms. The molecule has 3 aromatic carbocycles. The highest BCUT2D eigenvalue weighted by Crippen LogP contribution is 2.55. The summed E-state index contributed by atoms with van der Waals surface area (Å²) in [6.07, 6.45) is 0. The minimum Gasteiger partial charge on any atom is -0.497 e. The van der Waals surface area contributed by atoms with Gasteiger partial charge in [0.05, 0.1) is 19.3 Å². The van der Waals surface area contributed by atoms with E-state index in [9.17, 15) is 9.59 Å². The lowest BCUT2D eigenvalue weighted by Gasteiger charge is -2.33. The molecule has 0 aromatic heterocycles. The van der Waals surface area contributed by atoms with Crippen LogP contribution in [0.2, 0.25) is 5.02 Å². The van der Waals surface area contributed by atoms with Crippen molar-refractivity contribution in [2.45, 2.75) is 18.3 Å². The third kappa shape index (κ3) is 3.49. The van der Waals surface area contributed by atoms with E-state index in [4.69, 9.17) is 16.3 Å². The van der Waals surface area contributed by atoms with E-state index in [0.29, 0.717) is 35.2 Å². The van der Waals surface area contributed by atoms with Crippen molar-refractivity contribution in [2.24, 2.45) is 0 Å². The molecule has 1 saturated heterocycles. The van der Waals surface area contributed by atoms with Crippen molar-refractivity contribution in [3.05, 3.63) is 94.0 Å². The fraction of sp³-hybridized carbons (Fsp3) is 0.231. The normalized spacial score (nSPS) is 19.3. The summed E-state index contributed by atoms with van der Waals surface area (Å²) in [4.78, 5) is 30.2. The summed E-state index contributed by atoms with van der Waals surface area (Å²) in [5, 5.41) is 0.616. The van der Waals surface area contributed by atoms with Crippen molar-refractivity contribution >= 4 is 40.9 Å². The summed E-state index contributed by atoms with van der Waals surface area (Å²) < 4.78 is 5.22. The van der Waals surface area contributed by atoms with E-state index in [0.717, 1.165) is 22.4 Å². The molecular weight excluding hydrogens is 456 g/mol. The van der Waals surface area contributed by atoms with Gasteiger partial charge >= 0.3 is 0 Å². The smallest absolute Gasteiger partial charge is 0.268 e. The molecule has 5 nitrogen and oxygen atoms in total. The van der Waals surface area contributed by atoms with Gasteiger partial charge < -0.3 is 14.5 Å². The summed E-state index contributed by atoms with van der Waals surface area (Å²) in [6, 6.07) is 20.6. The highest BCUT2D eigenvalue weighted by molar-refractivity contribution is 8.01. The molecule has 0 saturated carbocycles. The molecule has 33 heavy (non-hydrogen) atoms. The van der Waals surface area contributed by atoms with Crippen LogP contribution in [0.25, 0.3) is 0 Å². The van der Waals surface area contributed by atoms with Crippen molar-refractivity contribution in [3.63, 3.8) is 0 Å². The minimum atomic E-state index is -1.08. The number of hydrogen-bond donors (Lipinski definition) is 0. The van der Waals surface area contributed by atoms with Crippen LogP contribution in [0.3, 0.4) is 0 Å². The number of anilines is 1. The van der Waals surface area contributed by atoms with E-state index in [1.807, 2.05) is 49.4 Å². The number of aryl methyl sites for hydroxylation is 1. The van der Waals surface area contributed by atoms with Gasteiger partial charge in [-0.2, -0.15) is 0 Å². The number of fused-ring (bicyclic) bond motifs is 2. The Hall–Kier alpha value is -2.96. The molecular formula is C26H23ClN2O3S. The van der Waals surface area contributed by atoms with Crippen LogP contribution in [-0.2, 0) is 16.2 Å². The maximum atomic E-state index is 14.1. The number of amides is 2. The van der Waals surface area contributed by atoms with Gasteiger partial charge in [0.2, 0.25) is 0 Å². The molecule has 0 N–H and O–H groups in total. The lowest BCUT2D eigenvalue weighted by Crippen LogP contribution is -2.50. The van der Waals surface area contributed by atoms with Gasteiger partial charge in [0, 0.05) is 28.4 Å². The zero-order chi connectivity index (χ0) is 23.2. The number of rotatable bonds is 4. The van der Waals surface area contributed by atoms with Gasteiger partial charge in [0.1, 0.15) is 5.75 Å². The molecule has 2 amide bonds. The van der Waals surface area contributed by atoms with Gasteiger partial charge in [-0.15, -0.1) is 11.8 Å². The molecule has 2 heterocycles. The highest BCUT2D eigenvalue weighted by atomic mass is 35.5. The number of nitrogens with zero attached hydrogens (tertiary/aromatic N) is 2. The third-order valence-corrected chi connectivity index (χ3v) is 8.01. The summed E-state index contributed by atoms with van der Waals surface area (Å²) in [5.41, 5.74) is 4.14. The Morgan fingerprint density at radius 3 is 2.61 bits per heavy atom. The molecule has 7 heteroatoms.